The van der Waals surface area contributed by atoms with Crippen LogP contribution >= 0.6 is 27.5 Å². The summed E-state index contributed by atoms with van der Waals surface area (Å²) in [5.74, 6) is -1.44. The largest absolute Gasteiger partial charge is 0.505 e. The van der Waals surface area contributed by atoms with E-state index < -0.39 is 17.7 Å². The second-order valence-corrected chi connectivity index (χ2v) is 3.72. The molecule has 2 N–H and O–H groups in total. The topological polar surface area (TPSA) is 40.5 Å². The summed E-state index contributed by atoms with van der Waals surface area (Å²) >= 11 is 8.40. The van der Waals surface area contributed by atoms with Crippen LogP contribution in [0.15, 0.2) is 16.6 Å². The van der Waals surface area contributed by atoms with Crippen LogP contribution in [0.25, 0.3) is 0 Å². The van der Waals surface area contributed by atoms with Crippen LogP contribution in [-0.2, 0) is 0 Å². The zero-order valence-electron chi connectivity index (χ0n) is 6.47. The van der Waals surface area contributed by atoms with Gasteiger partial charge in [-0.05, 0) is 12.1 Å². The second-order valence-electron chi connectivity index (χ2n) is 2.50. The van der Waals surface area contributed by atoms with E-state index >= 15 is 0 Å². The van der Waals surface area contributed by atoms with Gasteiger partial charge in [-0.15, -0.1) is 11.6 Å². The van der Waals surface area contributed by atoms with E-state index in [4.69, 9.17) is 11.6 Å². The first kappa shape index (κ1) is 10.8. The molecule has 5 heteroatoms. The van der Waals surface area contributed by atoms with Crippen molar-refractivity contribution in [2.45, 2.75) is 6.10 Å². The molecule has 0 aliphatic carbocycles. The van der Waals surface area contributed by atoms with Crippen LogP contribution in [-0.4, -0.2) is 16.1 Å². The lowest BCUT2D eigenvalue weighted by atomic mass is 10.1. The zero-order chi connectivity index (χ0) is 10.0. The van der Waals surface area contributed by atoms with Gasteiger partial charge in [0.1, 0.15) is 0 Å². The first-order valence-corrected chi connectivity index (χ1v) is 4.81. The Morgan fingerprint density at radius 3 is 2.69 bits per heavy atom. The average Bonchev–Trinajstić information content (AvgIpc) is 2.10. The Kier molecular flexibility index (Phi) is 3.53. The predicted molar refractivity (Wildman–Crippen MR) is 51.4 cm³/mol. The summed E-state index contributed by atoms with van der Waals surface area (Å²) in [5, 5.41) is 18.5. The number of halogens is 3. The number of hydrogen-bond donors (Lipinski definition) is 2. The lowest BCUT2D eigenvalue weighted by Crippen LogP contribution is -2.00. The molecule has 1 aromatic carbocycles. The number of aliphatic hydroxyl groups excluding tert-OH is 1. The molecule has 1 unspecified atom stereocenters. The maximum Gasteiger partial charge on any atom is 0.166 e. The van der Waals surface area contributed by atoms with Crippen molar-refractivity contribution in [2.75, 3.05) is 5.88 Å². The first-order chi connectivity index (χ1) is 6.06. The van der Waals surface area contributed by atoms with Gasteiger partial charge >= 0.3 is 0 Å². The fourth-order valence-electron chi connectivity index (χ4n) is 0.923. The molecule has 0 aromatic heterocycles. The van der Waals surface area contributed by atoms with Crippen molar-refractivity contribution in [3.63, 3.8) is 0 Å². The molecule has 1 atom stereocenters. The molecule has 0 amide bonds. The number of hydrogen-bond acceptors (Lipinski definition) is 2. The highest BCUT2D eigenvalue weighted by Crippen LogP contribution is 2.30. The summed E-state index contributed by atoms with van der Waals surface area (Å²) in [6.45, 7) is 0. The molecule has 72 valence electrons. The molecule has 1 rings (SSSR count). The van der Waals surface area contributed by atoms with Crippen molar-refractivity contribution in [1.82, 2.24) is 0 Å². The molecular formula is C8H7BrClFO2. The SMILES string of the molecule is Oc1c(F)cc(Br)cc1C(O)CCl. The summed E-state index contributed by atoms with van der Waals surface area (Å²) in [5.41, 5.74) is 0.0851. The fourth-order valence-corrected chi connectivity index (χ4v) is 1.54. The predicted octanol–water partition coefficient (Wildman–Crippen LogP) is 2.57. The Morgan fingerprint density at radius 2 is 2.15 bits per heavy atom. The van der Waals surface area contributed by atoms with Gasteiger partial charge in [-0.2, -0.15) is 0 Å². The molecular weight excluding hydrogens is 262 g/mol. The third kappa shape index (κ3) is 2.33. The minimum absolute atomic E-state index is 0.0851. The third-order valence-corrected chi connectivity index (χ3v) is 2.31. The van der Waals surface area contributed by atoms with Crippen LogP contribution in [0, 0.1) is 5.82 Å². The minimum atomic E-state index is -1.06. The van der Waals surface area contributed by atoms with E-state index in [2.05, 4.69) is 15.9 Å². The number of phenolic OH excluding ortho intramolecular Hbond substituents is 1. The summed E-state index contributed by atoms with van der Waals surface area (Å²) in [7, 11) is 0. The first-order valence-electron chi connectivity index (χ1n) is 3.48. The van der Waals surface area contributed by atoms with Gasteiger partial charge in [0.2, 0.25) is 0 Å². The molecule has 13 heavy (non-hydrogen) atoms. The van der Waals surface area contributed by atoms with E-state index in [0.29, 0.717) is 4.47 Å². The lowest BCUT2D eigenvalue weighted by Gasteiger charge is -2.10. The normalized spacial score (nSPS) is 12.9. The van der Waals surface area contributed by atoms with Gasteiger partial charge in [0.15, 0.2) is 11.6 Å². The molecule has 0 heterocycles. The van der Waals surface area contributed by atoms with Gasteiger partial charge < -0.3 is 10.2 Å². The number of aliphatic hydroxyl groups is 1. The fraction of sp³-hybridized carbons (Fsp3) is 0.250. The van der Waals surface area contributed by atoms with Crippen LogP contribution in [0.1, 0.15) is 11.7 Å². The molecule has 1 aromatic rings. The maximum absolute atomic E-state index is 12.9. The Balaban J connectivity index is 3.20. The van der Waals surface area contributed by atoms with Gasteiger partial charge in [0, 0.05) is 10.0 Å². The number of alkyl halides is 1. The molecule has 2 nitrogen and oxygen atoms in total. The Hall–Kier alpha value is -0.320. The summed E-state index contributed by atoms with van der Waals surface area (Å²) < 4.78 is 13.3. The van der Waals surface area contributed by atoms with Crippen LogP contribution < -0.4 is 0 Å². The number of rotatable bonds is 2. The quantitative estimate of drug-likeness (QED) is 0.810. The van der Waals surface area contributed by atoms with Crippen molar-refractivity contribution in [3.05, 3.63) is 28.0 Å². The van der Waals surface area contributed by atoms with Crippen LogP contribution in [0.2, 0.25) is 0 Å². The smallest absolute Gasteiger partial charge is 0.166 e. The maximum atomic E-state index is 12.9. The zero-order valence-corrected chi connectivity index (χ0v) is 8.81. The number of aromatic hydroxyl groups is 1. The van der Waals surface area contributed by atoms with Gasteiger partial charge in [0.25, 0.3) is 0 Å². The molecule has 0 aliphatic heterocycles. The van der Waals surface area contributed by atoms with E-state index in [0.717, 1.165) is 6.07 Å². The molecule has 0 spiro atoms. The Bertz CT molecular complexity index is 319. The molecule has 0 saturated heterocycles. The van der Waals surface area contributed by atoms with Crippen molar-refractivity contribution in [3.8, 4) is 5.75 Å². The standard InChI is InChI=1S/C8H7BrClFO2/c9-4-1-5(7(12)3-10)8(13)6(11)2-4/h1-2,7,12-13H,3H2. The minimum Gasteiger partial charge on any atom is -0.505 e. The summed E-state index contributed by atoms with van der Waals surface area (Å²) in [6, 6.07) is 2.53. The molecule has 0 radical (unpaired) electrons. The van der Waals surface area contributed by atoms with Crippen LogP contribution in [0.5, 0.6) is 5.75 Å². The molecule has 0 bridgehead atoms. The van der Waals surface area contributed by atoms with Crippen LogP contribution in [0.4, 0.5) is 4.39 Å². The summed E-state index contributed by atoms with van der Waals surface area (Å²) in [6.07, 6.45) is -1.06. The van der Waals surface area contributed by atoms with E-state index in [-0.39, 0.29) is 11.4 Å². The number of benzene rings is 1. The summed E-state index contributed by atoms with van der Waals surface area (Å²) in [4.78, 5) is 0. The molecule has 0 saturated carbocycles. The van der Waals surface area contributed by atoms with Crippen molar-refractivity contribution < 1.29 is 14.6 Å². The van der Waals surface area contributed by atoms with Gasteiger partial charge in [-0.3, -0.25) is 0 Å². The highest BCUT2D eigenvalue weighted by atomic mass is 79.9. The number of phenols is 1. The average molecular weight is 269 g/mol. The highest BCUT2D eigenvalue weighted by Gasteiger charge is 2.15. The van der Waals surface area contributed by atoms with Crippen molar-refractivity contribution >= 4 is 27.5 Å². The van der Waals surface area contributed by atoms with Crippen LogP contribution in [0.3, 0.4) is 0 Å². The van der Waals surface area contributed by atoms with Crippen molar-refractivity contribution in [2.24, 2.45) is 0 Å². The Labute approximate surface area is 88.1 Å². The van der Waals surface area contributed by atoms with Gasteiger partial charge in [0.05, 0.1) is 12.0 Å². The molecule has 0 fully saturated rings. The second kappa shape index (κ2) is 4.26. The monoisotopic (exact) mass is 268 g/mol. The van der Waals surface area contributed by atoms with E-state index in [1.165, 1.54) is 6.07 Å². The Morgan fingerprint density at radius 1 is 1.54 bits per heavy atom. The third-order valence-electron chi connectivity index (χ3n) is 1.56. The van der Waals surface area contributed by atoms with Gasteiger partial charge in [-0.25, -0.2) is 4.39 Å². The molecule has 0 aliphatic rings. The highest BCUT2D eigenvalue weighted by molar-refractivity contribution is 9.10. The van der Waals surface area contributed by atoms with Crippen molar-refractivity contribution in [1.29, 1.82) is 0 Å². The lowest BCUT2D eigenvalue weighted by molar-refractivity contribution is 0.197. The van der Waals surface area contributed by atoms with E-state index in [1.807, 2.05) is 0 Å². The van der Waals surface area contributed by atoms with Gasteiger partial charge in [-0.1, -0.05) is 15.9 Å². The van der Waals surface area contributed by atoms with E-state index in [1.54, 1.807) is 0 Å². The van der Waals surface area contributed by atoms with E-state index in [9.17, 15) is 14.6 Å².